The van der Waals surface area contributed by atoms with E-state index in [9.17, 15) is 9.18 Å². The Balaban J connectivity index is 2.13. The van der Waals surface area contributed by atoms with Gasteiger partial charge in [0.1, 0.15) is 5.82 Å². The van der Waals surface area contributed by atoms with Gasteiger partial charge in [0.2, 0.25) is 0 Å². The predicted molar refractivity (Wildman–Crippen MR) is 74.1 cm³/mol. The van der Waals surface area contributed by atoms with E-state index in [2.05, 4.69) is 0 Å². The lowest BCUT2D eigenvalue weighted by molar-refractivity contribution is 0.0696. The molecule has 0 saturated heterocycles. The van der Waals surface area contributed by atoms with Crippen molar-refractivity contribution in [2.24, 2.45) is 0 Å². The number of aryl methyl sites for hydroxylation is 1. The SMILES string of the molecule is Cc1cc(SCc2cccc(F)c2)cc(C(=O)O)c1. The predicted octanol–water partition coefficient (Wildman–Crippen LogP) is 4.12. The van der Waals surface area contributed by atoms with Crippen molar-refractivity contribution in [1.29, 1.82) is 0 Å². The first-order valence-electron chi connectivity index (χ1n) is 5.77. The van der Waals surface area contributed by atoms with Crippen molar-refractivity contribution in [3.05, 3.63) is 65.0 Å². The first-order valence-corrected chi connectivity index (χ1v) is 6.75. The third-order valence-electron chi connectivity index (χ3n) is 2.59. The fraction of sp³-hybridized carbons (Fsp3) is 0.133. The number of hydrogen-bond donors (Lipinski definition) is 1. The first-order chi connectivity index (χ1) is 9.04. The molecule has 0 atom stereocenters. The highest BCUT2D eigenvalue weighted by Gasteiger charge is 2.06. The fourth-order valence-electron chi connectivity index (χ4n) is 1.75. The van der Waals surface area contributed by atoms with E-state index in [1.165, 1.54) is 23.9 Å². The van der Waals surface area contributed by atoms with Crippen molar-refractivity contribution in [1.82, 2.24) is 0 Å². The molecule has 0 spiro atoms. The zero-order valence-corrected chi connectivity index (χ0v) is 11.2. The van der Waals surface area contributed by atoms with Gasteiger partial charge in [-0.05, 0) is 48.4 Å². The van der Waals surface area contributed by atoms with Crippen LogP contribution in [0, 0.1) is 12.7 Å². The van der Waals surface area contributed by atoms with Crippen LogP contribution >= 0.6 is 11.8 Å². The van der Waals surface area contributed by atoms with Crippen LogP contribution in [0.5, 0.6) is 0 Å². The van der Waals surface area contributed by atoms with Crippen molar-refractivity contribution in [3.8, 4) is 0 Å². The van der Waals surface area contributed by atoms with E-state index in [1.54, 1.807) is 18.2 Å². The maximum Gasteiger partial charge on any atom is 0.335 e. The van der Waals surface area contributed by atoms with E-state index in [0.717, 1.165) is 16.0 Å². The molecule has 2 rings (SSSR count). The van der Waals surface area contributed by atoms with E-state index in [1.807, 2.05) is 19.1 Å². The van der Waals surface area contributed by atoms with Crippen molar-refractivity contribution < 1.29 is 14.3 Å². The molecule has 0 aliphatic heterocycles. The lowest BCUT2D eigenvalue weighted by atomic mass is 10.1. The molecule has 0 saturated carbocycles. The normalized spacial score (nSPS) is 10.4. The maximum atomic E-state index is 13.0. The van der Waals surface area contributed by atoms with Crippen LogP contribution in [-0.2, 0) is 5.75 Å². The van der Waals surface area contributed by atoms with Crippen molar-refractivity contribution in [2.75, 3.05) is 0 Å². The molecule has 2 aromatic rings. The van der Waals surface area contributed by atoms with Crippen LogP contribution in [0.3, 0.4) is 0 Å². The van der Waals surface area contributed by atoms with Crippen LogP contribution in [-0.4, -0.2) is 11.1 Å². The van der Waals surface area contributed by atoms with Crippen LogP contribution in [0.1, 0.15) is 21.5 Å². The van der Waals surface area contributed by atoms with Gasteiger partial charge in [0, 0.05) is 10.6 Å². The van der Waals surface area contributed by atoms with Gasteiger partial charge in [0.15, 0.2) is 0 Å². The lowest BCUT2D eigenvalue weighted by Crippen LogP contribution is -1.97. The summed E-state index contributed by atoms with van der Waals surface area (Å²) in [6.45, 7) is 1.86. The molecule has 1 N–H and O–H groups in total. The summed E-state index contributed by atoms with van der Waals surface area (Å²) >= 11 is 1.50. The van der Waals surface area contributed by atoms with E-state index >= 15 is 0 Å². The van der Waals surface area contributed by atoms with Gasteiger partial charge in [0.05, 0.1) is 5.56 Å². The average molecular weight is 276 g/mol. The Kier molecular flexibility index (Phi) is 4.22. The number of carboxylic acids is 1. The molecule has 0 amide bonds. The minimum atomic E-state index is -0.934. The van der Waals surface area contributed by atoms with Crippen molar-refractivity contribution in [2.45, 2.75) is 17.6 Å². The average Bonchev–Trinajstić information content (AvgIpc) is 2.36. The summed E-state index contributed by atoms with van der Waals surface area (Å²) in [4.78, 5) is 11.8. The zero-order valence-electron chi connectivity index (χ0n) is 10.4. The third kappa shape index (κ3) is 3.83. The zero-order chi connectivity index (χ0) is 13.8. The maximum absolute atomic E-state index is 13.0. The minimum absolute atomic E-state index is 0.256. The molecule has 2 aromatic carbocycles. The highest BCUT2D eigenvalue weighted by Crippen LogP contribution is 2.25. The number of thioether (sulfide) groups is 1. The summed E-state index contributed by atoms with van der Waals surface area (Å²) < 4.78 is 13.0. The number of aromatic carboxylic acids is 1. The quantitative estimate of drug-likeness (QED) is 0.853. The van der Waals surface area contributed by atoms with Gasteiger partial charge in [-0.25, -0.2) is 9.18 Å². The number of benzene rings is 2. The molecular weight excluding hydrogens is 263 g/mol. The molecule has 2 nitrogen and oxygen atoms in total. The van der Waals surface area contributed by atoms with Gasteiger partial charge in [0.25, 0.3) is 0 Å². The second-order valence-electron chi connectivity index (χ2n) is 4.26. The highest BCUT2D eigenvalue weighted by atomic mass is 32.2. The molecule has 0 bridgehead atoms. The summed E-state index contributed by atoms with van der Waals surface area (Å²) in [6.07, 6.45) is 0. The number of hydrogen-bond acceptors (Lipinski definition) is 2. The van der Waals surface area contributed by atoms with Crippen LogP contribution in [0.25, 0.3) is 0 Å². The summed E-state index contributed by atoms with van der Waals surface area (Å²) in [7, 11) is 0. The second kappa shape index (κ2) is 5.89. The topological polar surface area (TPSA) is 37.3 Å². The molecule has 0 aromatic heterocycles. The molecule has 0 unspecified atom stereocenters. The molecule has 98 valence electrons. The lowest BCUT2D eigenvalue weighted by Gasteiger charge is -2.05. The number of carboxylic acid groups (broad SMARTS) is 1. The first kappa shape index (κ1) is 13.6. The molecule has 0 radical (unpaired) electrons. The van der Waals surface area contributed by atoms with Crippen molar-refractivity contribution in [3.63, 3.8) is 0 Å². The standard InChI is InChI=1S/C15H13FO2S/c1-10-5-12(15(17)18)8-14(6-10)19-9-11-3-2-4-13(16)7-11/h2-8H,9H2,1H3,(H,17,18). The van der Waals surface area contributed by atoms with Gasteiger partial charge >= 0.3 is 5.97 Å². The Hall–Kier alpha value is -1.81. The molecule has 0 aliphatic carbocycles. The van der Waals surface area contributed by atoms with E-state index in [-0.39, 0.29) is 11.4 Å². The summed E-state index contributed by atoms with van der Waals surface area (Å²) in [5.41, 5.74) is 2.06. The molecule has 19 heavy (non-hydrogen) atoms. The molecule has 4 heteroatoms. The van der Waals surface area contributed by atoms with Gasteiger partial charge < -0.3 is 5.11 Å². The largest absolute Gasteiger partial charge is 0.478 e. The summed E-state index contributed by atoms with van der Waals surface area (Å²) in [6, 6.07) is 11.6. The number of rotatable bonds is 4. The number of carbonyl (C=O) groups is 1. The van der Waals surface area contributed by atoms with Crippen LogP contribution in [0.15, 0.2) is 47.4 Å². The molecule has 0 heterocycles. The molecular formula is C15H13FO2S. The summed E-state index contributed by atoms with van der Waals surface area (Å²) in [5.74, 6) is -0.579. The van der Waals surface area contributed by atoms with E-state index < -0.39 is 5.97 Å². The number of halogens is 1. The molecule has 0 fully saturated rings. The van der Waals surface area contributed by atoms with E-state index in [0.29, 0.717) is 5.75 Å². The Bertz CT molecular complexity index is 611. The molecule has 0 aliphatic rings. The van der Waals surface area contributed by atoms with Crippen LogP contribution in [0.4, 0.5) is 4.39 Å². The second-order valence-corrected chi connectivity index (χ2v) is 5.31. The Morgan fingerprint density at radius 1 is 1.26 bits per heavy atom. The third-order valence-corrected chi connectivity index (χ3v) is 3.64. The van der Waals surface area contributed by atoms with Crippen LogP contribution < -0.4 is 0 Å². The van der Waals surface area contributed by atoms with Gasteiger partial charge in [-0.15, -0.1) is 11.8 Å². The van der Waals surface area contributed by atoms with Crippen LogP contribution in [0.2, 0.25) is 0 Å². The van der Waals surface area contributed by atoms with Crippen molar-refractivity contribution >= 4 is 17.7 Å². The van der Waals surface area contributed by atoms with E-state index in [4.69, 9.17) is 5.11 Å². The fourth-order valence-corrected chi connectivity index (χ4v) is 2.74. The van der Waals surface area contributed by atoms with Gasteiger partial charge in [-0.2, -0.15) is 0 Å². The highest BCUT2D eigenvalue weighted by molar-refractivity contribution is 7.98. The van der Waals surface area contributed by atoms with Gasteiger partial charge in [-0.1, -0.05) is 12.1 Å². The minimum Gasteiger partial charge on any atom is -0.478 e. The Morgan fingerprint density at radius 2 is 2.05 bits per heavy atom. The Morgan fingerprint density at radius 3 is 2.74 bits per heavy atom. The van der Waals surface area contributed by atoms with Gasteiger partial charge in [-0.3, -0.25) is 0 Å². The summed E-state index contributed by atoms with van der Waals surface area (Å²) in [5, 5.41) is 9.00. The monoisotopic (exact) mass is 276 g/mol. The Labute approximate surface area is 115 Å². The smallest absolute Gasteiger partial charge is 0.335 e.